The highest BCUT2D eigenvalue weighted by atomic mass is 16.8. The summed E-state index contributed by atoms with van der Waals surface area (Å²) in [4.78, 5) is 0. The molecule has 18 heavy (non-hydrogen) atoms. The van der Waals surface area contributed by atoms with Crippen LogP contribution in [0.5, 0.6) is 0 Å². The van der Waals surface area contributed by atoms with Crippen molar-refractivity contribution in [1.29, 1.82) is 0 Å². The second-order valence-electron chi connectivity index (χ2n) is 7.33. The Kier molecular flexibility index (Phi) is 2.66. The van der Waals surface area contributed by atoms with Crippen LogP contribution in [-0.2, 0) is 9.47 Å². The first-order chi connectivity index (χ1) is 8.29. The van der Waals surface area contributed by atoms with Crippen LogP contribution < -0.4 is 0 Å². The van der Waals surface area contributed by atoms with Crippen molar-refractivity contribution >= 4 is 0 Å². The number of aliphatic hydroxyl groups is 1. The van der Waals surface area contributed by atoms with Gasteiger partial charge in [0.05, 0.1) is 12.7 Å². The highest BCUT2D eigenvalue weighted by molar-refractivity contribution is 5.13. The molecule has 1 heterocycles. The zero-order valence-electron chi connectivity index (χ0n) is 12.0. The number of aliphatic hydroxyl groups excluding tert-OH is 1. The van der Waals surface area contributed by atoms with Crippen LogP contribution in [0.15, 0.2) is 0 Å². The lowest BCUT2D eigenvalue weighted by molar-refractivity contribution is -0.202. The number of hydrogen-bond acceptors (Lipinski definition) is 3. The van der Waals surface area contributed by atoms with E-state index in [4.69, 9.17) is 9.47 Å². The third kappa shape index (κ3) is 1.53. The van der Waals surface area contributed by atoms with Gasteiger partial charge in [-0.25, -0.2) is 0 Å². The number of rotatable bonds is 0. The topological polar surface area (TPSA) is 38.7 Å². The van der Waals surface area contributed by atoms with E-state index < -0.39 is 5.79 Å². The molecule has 0 aromatic heterocycles. The van der Waals surface area contributed by atoms with Crippen LogP contribution in [0, 0.1) is 17.3 Å². The van der Waals surface area contributed by atoms with Gasteiger partial charge >= 0.3 is 0 Å². The van der Waals surface area contributed by atoms with Gasteiger partial charge in [-0.2, -0.15) is 0 Å². The second-order valence-corrected chi connectivity index (χ2v) is 7.33. The number of ether oxygens (including phenoxy) is 2. The first-order valence-electron chi connectivity index (χ1n) is 7.31. The van der Waals surface area contributed by atoms with Crippen LogP contribution in [0.1, 0.15) is 53.4 Å². The highest BCUT2D eigenvalue weighted by Gasteiger charge is 2.66. The molecule has 3 heteroatoms. The normalized spacial score (nSPS) is 54.8. The molecule has 3 fully saturated rings. The van der Waals surface area contributed by atoms with E-state index in [-0.39, 0.29) is 17.1 Å². The minimum Gasteiger partial charge on any atom is -0.393 e. The summed E-state index contributed by atoms with van der Waals surface area (Å²) >= 11 is 0. The molecule has 3 aliphatic rings. The van der Waals surface area contributed by atoms with Gasteiger partial charge in [0, 0.05) is 5.41 Å². The molecule has 5 atom stereocenters. The zero-order chi connectivity index (χ0) is 13.2. The van der Waals surface area contributed by atoms with Gasteiger partial charge in [-0.05, 0) is 51.4 Å². The minimum atomic E-state index is -0.451. The molecule has 3 rings (SSSR count). The molecule has 0 unspecified atom stereocenters. The van der Waals surface area contributed by atoms with Crippen LogP contribution in [0.25, 0.3) is 0 Å². The molecule has 1 saturated heterocycles. The van der Waals surface area contributed by atoms with Gasteiger partial charge in [-0.15, -0.1) is 0 Å². The average Bonchev–Trinajstić information content (AvgIpc) is 2.71. The van der Waals surface area contributed by atoms with Crippen molar-refractivity contribution in [3.8, 4) is 0 Å². The number of fused-ring (bicyclic) bond motifs is 2. The monoisotopic (exact) mass is 254 g/mol. The largest absolute Gasteiger partial charge is 0.393 e. The van der Waals surface area contributed by atoms with Gasteiger partial charge in [-0.3, -0.25) is 0 Å². The van der Waals surface area contributed by atoms with Crippen molar-refractivity contribution < 1.29 is 14.6 Å². The Labute approximate surface area is 110 Å². The lowest BCUT2D eigenvalue weighted by Gasteiger charge is -2.51. The molecule has 3 nitrogen and oxygen atoms in total. The predicted octanol–water partition coefficient (Wildman–Crippen LogP) is 2.72. The summed E-state index contributed by atoms with van der Waals surface area (Å²) in [6.45, 7) is 9.39. The Morgan fingerprint density at radius 3 is 2.50 bits per heavy atom. The van der Waals surface area contributed by atoms with Gasteiger partial charge in [0.1, 0.15) is 5.60 Å². The van der Waals surface area contributed by atoms with Gasteiger partial charge in [0.2, 0.25) is 0 Å². The molecule has 1 spiro atoms. The fraction of sp³-hybridized carbons (Fsp3) is 1.00. The van der Waals surface area contributed by atoms with E-state index in [0.717, 1.165) is 25.7 Å². The lowest BCUT2D eigenvalue weighted by Crippen LogP contribution is -2.54. The Bertz CT molecular complexity index is 354. The Morgan fingerprint density at radius 1 is 1.17 bits per heavy atom. The molecular formula is C15H26O3. The average molecular weight is 254 g/mol. The third-order valence-corrected chi connectivity index (χ3v) is 6.03. The maximum atomic E-state index is 10.0. The van der Waals surface area contributed by atoms with Crippen LogP contribution in [0.2, 0.25) is 0 Å². The van der Waals surface area contributed by atoms with Gasteiger partial charge in [0.15, 0.2) is 5.79 Å². The summed E-state index contributed by atoms with van der Waals surface area (Å²) in [6, 6.07) is 0. The quantitative estimate of drug-likeness (QED) is 0.722. The van der Waals surface area contributed by atoms with Gasteiger partial charge < -0.3 is 14.6 Å². The second kappa shape index (κ2) is 3.71. The Hall–Kier alpha value is -0.120. The van der Waals surface area contributed by atoms with Crippen molar-refractivity contribution in [3.05, 3.63) is 0 Å². The van der Waals surface area contributed by atoms with E-state index in [1.165, 1.54) is 0 Å². The van der Waals surface area contributed by atoms with Crippen LogP contribution in [-0.4, -0.2) is 29.2 Å². The molecule has 1 aliphatic heterocycles. The van der Waals surface area contributed by atoms with Crippen LogP contribution >= 0.6 is 0 Å². The molecule has 0 aromatic rings. The van der Waals surface area contributed by atoms with Crippen LogP contribution in [0.3, 0.4) is 0 Å². The first-order valence-corrected chi connectivity index (χ1v) is 7.31. The molecule has 0 bridgehead atoms. The molecule has 0 radical (unpaired) electrons. The summed E-state index contributed by atoms with van der Waals surface area (Å²) < 4.78 is 12.3. The SMILES string of the molecule is C[C@@H]1C[C@H](O)C[C@H]2CC[C@@]3(COC(C)(C)O3)[C@]21C. The fourth-order valence-electron chi connectivity index (χ4n) is 4.85. The van der Waals surface area contributed by atoms with E-state index in [2.05, 4.69) is 13.8 Å². The number of hydrogen-bond donors (Lipinski definition) is 1. The standard InChI is InChI=1S/C15H26O3/c1-10-7-12(16)8-11-5-6-15(14(10,11)4)9-17-13(2,3)18-15/h10-12,16H,5-9H2,1-4H3/t10-,11-,12+,14+,15-/m1/s1. The molecule has 2 saturated carbocycles. The Morgan fingerprint density at radius 2 is 1.89 bits per heavy atom. The summed E-state index contributed by atoms with van der Waals surface area (Å²) in [5.41, 5.74) is 0.0285. The first kappa shape index (κ1) is 12.9. The van der Waals surface area contributed by atoms with E-state index in [0.29, 0.717) is 18.4 Å². The maximum Gasteiger partial charge on any atom is 0.163 e. The van der Waals surface area contributed by atoms with Crippen molar-refractivity contribution in [2.45, 2.75) is 70.9 Å². The highest BCUT2D eigenvalue weighted by Crippen LogP contribution is 2.63. The molecule has 0 amide bonds. The molecule has 104 valence electrons. The molecule has 1 N–H and O–H groups in total. The summed E-state index contributed by atoms with van der Waals surface area (Å²) in [5.74, 6) is 0.619. The Balaban J connectivity index is 1.95. The predicted molar refractivity (Wildman–Crippen MR) is 69.1 cm³/mol. The zero-order valence-corrected chi connectivity index (χ0v) is 12.0. The van der Waals surface area contributed by atoms with E-state index in [9.17, 15) is 5.11 Å². The lowest BCUT2D eigenvalue weighted by atomic mass is 9.57. The minimum absolute atomic E-state index is 0.122. The van der Waals surface area contributed by atoms with E-state index in [1.54, 1.807) is 0 Å². The van der Waals surface area contributed by atoms with E-state index in [1.807, 2.05) is 13.8 Å². The molecule has 2 aliphatic carbocycles. The summed E-state index contributed by atoms with van der Waals surface area (Å²) in [6.07, 6.45) is 3.96. The molecular weight excluding hydrogens is 228 g/mol. The maximum absolute atomic E-state index is 10.0. The van der Waals surface area contributed by atoms with Crippen molar-refractivity contribution in [3.63, 3.8) is 0 Å². The van der Waals surface area contributed by atoms with Crippen LogP contribution in [0.4, 0.5) is 0 Å². The van der Waals surface area contributed by atoms with Gasteiger partial charge in [0.25, 0.3) is 0 Å². The third-order valence-electron chi connectivity index (χ3n) is 6.03. The van der Waals surface area contributed by atoms with Gasteiger partial charge in [-0.1, -0.05) is 13.8 Å². The summed E-state index contributed by atoms with van der Waals surface area (Å²) in [7, 11) is 0. The summed E-state index contributed by atoms with van der Waals surface area (Å²) in [5, 5.41) is 10.0. The molecule has 0 aromatic carbocycles. The van der Waals surface area contributed by atoms with E-state index >= 15 is 0 Å². The fourth-order valence-corrected chi connectivity index (χ4v) is 4.85. The van der Waals surface area contributed by atoms with Crippen molar-refractivity contribution in [1.82, 2.24) is 0 Å². The smallest absolute Gasteiger partial charge is 0.163 e. The van der Waals surface area contributed by atoms with Crippen molar-refractivity contribution in [2.24, 2.45) is 17.3 Å². The van der Waals surface area contributed by atoms with Crippen molar-refractivity contribution in [2.75, 3.05) is 6.61 Å².